The highest BCUT2D eigenvalue weighted by Gasteiger charge is 2.41. The maximum absolute atomic E-state index is 13.9. The minimum atomic E-state index is -0.926. The molecule has 106 valence electrons. The van der Waals surface area contributed by atoms with Crippen molar-refractivity contribution in [2.75, 3.05) is 11.4 Å². The molecule has 1 aliphatic heterocycles. The maximum atomic E-state index is 13.9. The van der Waals surface area contributed by atoms with E-state index in [0.29, 0.717) is 0 Å². The number of halogens is 2. The van der Waals surface area contributed by atoms with Crippen LogP contribution in [-0.2, 0) is 9.59 Å². The van der Waals surface area contributed by atoms with E-state index < -0.39 is 22.9 Å². The number of anilines is 1. The van der Waals surface area contributed by atoms with E-state index in [4.69, 9.17) is 11.6 Å². The van der Waals surface area contributed by atoms with E-state index in [0.717, 1.165) is 11.0 Å². The molecule has 0 bridgehead atoms. The molecular formula is C14H13ClFNO3. The van der Waals surface area contributed by atoms with Crippen LogP contribution in [0.15, 0.2) is 12.1 Å². The quantitative estimate of drug-likeness (QED) is 0.789. The molecule has 1 heterocycles. The predicted octanol–water partition coefficient (Wildman–Crippen LogP) is 2.62. The molecule has 0 N–H and O–H groups in total. The van der Waals surface area contributed by atoms with Crippen LogP contribution >= 0.6 is 11.6 Å². The van der Waals surface area contributed by atoms with E-state index in [9.17, 15) is 18.8 Å². The minimum absolute atomic E-state index is 0.00505. The lowest BCUT2D eigenvalue weighted by atomic mass is 9.90. The van der Waals surface area contributed by atoms with Crippen molar-refractivity contribution >= 4 is 34.8 Å². The number of fused-ring (bicyclic) bond motifs is 1. The van der Waals surface area contributed by atoms with Crippen LogP contribution in [-0.4, -0.2) is 24.0 Å². The molecule has 6 heteroatoms. The van der Waals surface area contributed by atoms with E-state index in [1.54, 1.807) is 20.8 Å². The lowest BCUT2D eigenvalue weighted by molar-refractivity contribution is -0.126. The van der Waals surface area contributed by atoms with Gasteiger partial charge < -0.3 is 0 Å². The first-order valence-corrected chi connectivity index (χ1v) is 6.40. The van der Waals surface area contributed by atoms with Crippen LogP contribution in [0.3, 0.4) is 0 Å². The predicted molar refractivity (Wildman–Crippen MR) is 72.6 cm³/mol. The molecule has 1 aromatic rings. The summed E-state index contributed by atoms with van der Waals surface area (Å²) in [6.45, 7) is 4.71. The highest BCUT2D eigenvalue weighted by atomic mass is 35.5. The summed E-state index contributed by atoms with van der Waals surface area (Å²) in [7, 11) is 0. The Labute approximate surface area is 120 Å². The van der Waals surface area contributed by atoms with Crippen molar-refractivity contribution in [1.29, 1.82) is 0 Å². The van der Waals surface area contributed by atoms with E-state index in [-0.39, 0.29) is 28.6 Å². The van der Waals surface area contributed by atoms with Crippen LogP contribution in [0.5, 0.6) is 0 Å². The van der Waals surface area contributed by atoms with Crippen LogP contribution in [0, 0.1) is 11.2 Å². The zero-order valence-corrected chi connectivity index (χ0v) is 12.0. The maximum Gasteiger partial charge on any atom is 0.300 e. The van der Waals surface area contributed by atoms with Gasteiger partial charge in [-0.25, -0.2) is 4.39 Å². The fraction of sp³-hybridized carbons (Fsp3) is 0.357. The summed E-state index contributed by atoms with van der Waals surface area (Å²) in [5.41, 5.74) is -1.07. The summed E-state index contributed by atoms with van der Waals surface area (Å²) in [5, 5.41) is 0.00505. The zero-order chi connectivity index (χ0) is 15.2. The van der Waals surface area contributed by atoms with Gasteiger partial charge in [0.05, 0.1) is 22.8 Å². The fourth-order valence-corrected chi connectivity index (χ4v) is 2.12. The van der Waals surface area contributed by atoms with E-state index in [2.05, 4.69) is 0 Å². The zero-order valence-electron chi connectivity index (χ0n) is 11.3. The molecule has 0 fully saturated rings. The number of hydrogen-bond donors (Lipinski definition) is 0. The molecule has 0 unspecified atom stereocenters. The SMILES string of the molecule is CC(C)(C)C(=O)CN1C(=O)C(=O)c2c(Cl)ccc(F)c21. The molecule has 0 spiro atoms. The van der Waals surface area contributed by atoms with Crippen molar-refractivity contribution in [3.05, 3.63) is 28.5 Å². The summed E-state index contributed by atoms with van der Waals surface area (Å²) < 4.78 is 13.9. The van der Waals surface area contributed by atoms with Crippen molar-refractivity contribution in [3.63, 3.8) is 0 Å². The summed E-state index contributed by atoms with van der Waals surface area (Å²) in [4.78, 5) is 36.7. The van der Waals surface area contributed by atoms with Crippen molar-refractivity contribution in [3.8, 4) is 0 Å². The fourth-order valence-electron chi connectivity index (χ4n) is 1.88. The van der Waals surface area contributed by atoms with Gasteiger partial charge >= 0.3 is 0 Å². The van der Waals surface area contributed by atoms with Gasteiger partial charge in [0.2, 0.25) is 0 Å². The van der Waals surface area contributed by atoms with Gasteiger partial charge in [0, 0.05) is 5.41 Å². The molecule has 0 aromatic heterocycles. The summed E-state index contributed by atoms with van der Waals surface area (Å²) in [6.07, 6.45) is 0. The molecule has 0 radical (unpaired) electrons. The number of nitrogens with zero attached hydrogens (tertiary/aromatic N) is 1. The van der Waals surface area contributed by atoms with Crippen molar-refractivity contribution in [1.82, 2.24) is 0 Å². The van der Waals surface area contributed by atoms with Gasteiger partial charge in [-0.1, -0.05) is 32.4 Å². The molecule has 1 amide bonds. The Balaban J connectivity index is 2.49. The lowest BCUT2D eigenvalue weighted by Crippen LogP contribution is -2.39. The van der Waals surface area contributed by atoms with Gasteiger partial charge in [0.1, 0.15) is 5.82 Å². The molecule has 20 heavy (non-hydrogen) atoms. The summed E-state index contributed by atoms with van der Waals surface area (Å²) in [6, 6.07) is 2.29. The molecule has 0 saturated carbocycles. The Hall–Kier alpha value is -1.75. The first kappa shape index (κ1) is 14.7. The number of ketones is 2. The van der Waals surface area contributed by atoms with Crippen molar-refractivity contribution in [2.45, 2.75) is 20.8 Å². The van der Waals surface area contributed by atoms with Gasteiger partial charge in [-0.05, 0) is 12.1 Å². The van der Waals surface area contributed by atoms with Gasteiger partial charge in [-0.3, -0.25) is 19.3 Å². The average Bonchev–Trinajstić information content (AvgIpc) is 2.59. The largest absolute Gasteiger partial charge is 0.300 e. The van der Waals surface area contributed by atoms with Gasteiger partial charge in [-0.15, -0.1) is 0 Å². The topological polar surface area (TPSA) is 54.5 Å². The Kier molecular flexibility index (Phi) is 3.42. The average molecular weight is 298 g/mol. The number of carbonyl (C=O) groups excluding carboxylic acids is 3. The Bertz CT molecular complexity index is 634. The third-order valence-corrected chi connectivity index (χ3v) is 3.47. The smallest absolute Gasteiger partial charge is 0.297 e. The Morgan fingerprint density at radius 2 is 1.90 bits per heavy atom. The molecule has 1 aliphatic rings. The molecule has 0 aliphatic carbocycles. The molecule has 0 saturated heterocycles. The van der Waals surface area contributed by atoms with Crippen LogP contribution in [0.4, 0.5) is 10.1 Å². The minimum Gasteiger partial charge on any atom is -0.297 e. The molecule has 1 aromatic carbocycles. The summed E-state index contributed by atoms with van der Waals surface area (Å²) in [5.74, 6) is -2.83. The normalized spacial score (nSPS) is 14.8. The van der Waals surface area contributed by atoms with Crippen molar-refractivity contribution in [2.24, 2.45) is 5.41 Å². The van der Waals surface area contributed by atoms with Crippen LogP contribution in [0.2, 0.25) is 5.02 Å². The number of hydrogen-bond acceptors (Lipinski definition) is 3. The highest BCUT2D eigenvalue weighted by Crippen LogP contribution is 2.36. The van der Waals surface area contributed by atoms with E-state index >= 15 is 0 Å². The molecule has 0 atom stereocenters. The van der Waals surface area contributed by atoms with Crippen LogP contribution < -0.4 is 4.90 Å². The monoisotopic (exact) mass is 297 g/mol. The van der Waals surface area contributed by atoms with Crippen molar-refractivity contribution < 1.29 is 18.8 Å². The van der Waals surface area contributed by atoms with Crippen LogP contribution in [0.1, 0.15) is 31.1 Å². The number of benzene rings is 1. The molecule has 2 rings (SSSR count). The number of carbonyl (C=O) groups is 3. The highest BCUT2D eigenvalue weighted by molar-refractivity contribution is 6.55. The molecule has 4 nitrogen and oxygen atoms in total. The Morgan fingerprint density at radius 3 is 2.45 bits per heavy atom. The van der Waals surface area contributed by atoms with E-state index in [1.165, 1.54) is 6.07 Å². The second-order valence-corrected chi connectivity index (χ2v) is 6.05. The summed E-state index contributed by atoms with van der Waals surface area (Å²) >= 11 is 5.84. The number of rotatable bonds is 2. The first-order chi connectivity index (χ1) is 9.14. The third kappa shape index (κ3) is 2.22. The number of Topliss-reactive ketones (excluding diaryl/α,β-unsaturated/α-hetero) is 2. The Morgan fingerprint density at radius 1 is 1.30 bits per heavy atom. The first-order valence-electron chi connectivity index (χ1n) is 6.02. The van der Waals surface area contributed by atoms with Crippen LogP contribution in [0.25, 0.3) is 0 Å². The van der Waals surface area contributed by atoms with Gasteiger partial charge in [0.25, 0.3) is 11.7 Å². The molecular weight excluding hydrogens is 285 g/mol. The second-order valence-electron chi connectivity index (χ2n) is 5.65. The lowest BCUT2D eigenvalue weighted by Gasteiger charge is -2.22. The second kappa shape index (κ2) is 4.66. The third-order valence-electron chi connectivity index (χ3n) is 3.15. The standard InChI is InChI=1S/C14H13ClFNO3/c1-14(2,3)9(18)6-17-11-8(16)5-4-7(15)10(11)12(19)13(17)20/h4-5H,6H2,1-3H3. The number of amides is 1. The van der Waals surface area contributed by atoms with E-state index in [1.807, 2.05) is 0 Å². The van der Waals surface area contributed by atoms with Gasteiger partial charge in [0.15, 0.2) is 5.78 Å². The van der Waals surface area contributed by atoms with Gasteiger partial charge in [-0.2, -0.15) is 0 Å².